The molecule has 0 spiro atoms. The van der Waals surface area contributed by atoms with E-state index in [9.17, 15) is 0 Å². The first-order valence-electron chi connectivity index (χ1n) is 0.894. The standard InChI is InChI=1S/Al.FH.Na.H4O4Si.H3P.Sr.6H/c;;;1-5(2,3)4;;;;;;;;/h;1H;;1-4H;1H3;;;;;;;. The molecule has 1 atom stereocenters. The van der Waals surface area contributed by atoms with Crippen molar-refractivity contribution in [1.82, 2.24) is 0 Å². The molecule has 0 aromatic carbocycles. The molecule has 4 nitrogen and oxygen atoms in total. The van der Waals surface area contributed by atoms with Crippen LogP contribution in [0, 0.1) is 0 Å². The molecule has 0 aliphatic carbocycles. The molecule has 0 aromatic rings. The summed E-state index contributed by atoms with van der Waals surface area (Å²) < 4.78 is 0. The summed E-state index contributed by atoms with van der Waals surface area (Å²) in [5.74, 6) is 0. The van der Waals surface area contributed by atoms with Crippen molar-refractivity contribution in [2.45, 2.75) is 0 Å². The van der Waals surface area contributed by atoms with Gasteiger partial charge in [-0.25, -0.2) is 0 Å². The molecule has 0 heterocycles. The van der Waals surface area contributed by atoms with Gasteiger partial charge in [0.2, 0.25) is 0 Å². The predicted molar refractivity (Wildman–Crippen MR) is 53.9 cm³/mol. The van der Waals surface area contributed by atoms with Crippen molar-refractivity contribution in [3.05, 3.63) is 0 Å². The topological polar surface area (TPSA) is 80.9 Å². The van der Waals surface area contributed by atoms with Gasteiger partial charge in [-0.05, 0) is 0 Å². The maximum atomic E-state index is 7.33. The van der Waals surface area contributed by atoms with Crippen LogP contribution in [-0.2, 0) is 0 Å². The minimum atomic E-state index is -4.61. The summed E-state index contributed by atoms with van der Waals surface area (Å²) in [6.45, 7) is 0. The van der Waals surface area contributed by atoms with Gasteiger partial charge >= 0.3 is 84.1 Å². The molecule has 60 valence electrons. The molecule has 0 aliphatic heterocycles. The van der Waals surface area contributed by atoms with E-state index in [4.69, 9.17) is 19.2 Å². The predicted octanol–water partition coefficient (Wildman–Crippen LogP) is -5.15. The van der Waals surface area contributed by atoms with Crippen LogP contribution in [0.3, 0.4) is 0 Å². The molecule has 0 aromatic heterocycles. The number of rotatable bonds is 0. The van der Waals surface area contributed by atoms with Gasteiger partial charge in [-0.15, -0.1) is 0 Å². The van der Waals surface area contributed by atoms with Crippen LogP contribution in [0.4, 0.5) is 4.70 Å². The zero-order valence-corrected chi connectivity index (χ0v) is 5.82. The van der Waals surface area contributed by atoms with Crippen LogP contribution >= 0.6 is 9.90 Å². The average molecular weight is 294 g/mol. The van der Waals surface area contributed by atoms with E-state index in [1.54, 1.807) is 0 Å². The summed E-state index contributed by atoms with van der Waals surface area (Å²) in [4.78, 5) is 29.3. The summed E-state index contributed by atoms with van der Waals surface area (Å²) >= 11 is 0. The summed E-state index contributed by atoms with van der Waals surface area (Å²) in [5.41, 5.74) is 0. The van der Waals surface area contributed by atoms with E-state index in [1.807, 2.05) is 0 Å². The number of hydrogen-bond donors (Lipinski definition) is 4. The quantitative estimate of drug-likeness (QED) is 0.266. The SMILES string of the molecule is F.O[Si](O)(O)O.P.[AlH3].[NaH].[SrH2]. The van der Waals surface area contributed by atoms with Crippen LogP contribution in [0.2, 0.25) is 0 Å². The van der Waals surface area contributed by atoms with Crippen LogP contribution in [0.1, 0.15) is 0 Å². The maximum absolute atomic E-state index is 7.33. The molecule has 10 heavy (non-hydrogen) atoms. The molecule has 0 radical (unpaired) electrons. The van der Waals surface area contributed by atoms with Gasteiger partial charge in [-0.3, -0.25) is 4.70 Å². The Morgan fingerprint density at radius 2 is 0.900 bits per heavy atom. The van der Waals surface area contributed by atoms with Gasteiger partial charge in [-0.1, -0.05) is 0 Å². The van der Waals surface area contributed by atoms with E-state index < -0.39 is 9.05 Å². The van der Waals surface area contributed by atoms with Crippen molar-refractivity contribution in [2.75, 3.05) is 0 Å². The van der Waals surface area contributed by atoms with Crippen LogP contribution in [0.15, 0.2) is 0 Å². The monoisotopic (exact) mass is 294 g/mol. The normalized spacial score (nSPS) is 6.00. The van der Waals surface area contributed by atoms with Gasteiger partial charge < -0.3 is 19.2 Å². The summed E-state index contributed by atoms with van der Waals surface area (Å²) in [5, 5.41) is 0. The van der Waals surface area contributed by atoms with E-state index in [0.29, 0.717) is 0 Å². The van der Waals surface area contributed by atoms with E-state index in [0.717, 1.165) is 0 Å². The Bertz CT molecular complexity index is 40.7. The molecule has 4 N–H and O–H groups in total. The van der Waals surface area contributed by atoms with Gasteiger partial charge in [0, 0.05) is 0 Å². The van der Waals surface area contributed by atoms with E-state index in [-0.39, 0.29) is 107 Å². The van der Waals surface area contributed by atoms with Gasteiger partial charge in [0.1, 0.15) is 0 Å². The molecular formula is H14AlFNaO4PSiSr. The second-order valence-electron chi connectivity index (χ2n) is 0.600. The Kier molecular flexibility index (Phi) is 68.6. The Morgan fingerprint density at radius 3 is 0.900 bits per heavy atom. The van der Waals surface area contributed by atoms with Crippen molar-refractivity contribution in [3.8, 4) is 0 Å². The number of hydrogen-bond acceptors (Lipinski definition) is 4. The number of halogens is 1. The van der Waals surface area contributed by atoms with Crippen molar-refractivity contribution in [1.29, 1.82) is 0 Å². The van der Waals surface area contributed by atoms with E-state index in [2.05, 4.69) is 0 Å². The molecule has 1 unspecified atom stereocenters. The minimum absolute atomic E-state index is 0. The molecule has 0 bridgehead atoms. The third kappa shape index (κ3) is 106. The fraction of sp³-hybridized carbons (Fsp3) is 0. The zero-order valence-electron chi connectivity index (χ0n) is 3.40. The molecule has 0 saturated heterocycles. The Balaban J connectivity index is -0.00000000800. The third-order valence-electron chi connectivity index (χ3n) is 0. The summed E-state index contributed by atoms with van der Waals surface area (Å²) in [6.07, 6.45) is 0. The third-order valence-corrected chi connectivity index (χ3v) is 0. The van der Waals surface area contributed by atoms with Gasteiger partial charge in [0.05, 0.1) is 0 Å². The average Bonchev–Trinajstić information content (AvgIpc) is 0.722. The van der Waals surface area contributed by atoms with Gasteiger partial charge in [0.15, 0.2) is 17.4 Å². The first-order valence-corrected chi connectivity index (χ1v) is 2.68. The van der Waals surface area contributed by atoms with E-state index >= 15 is 0 Å². The fourth-order valence-corrected chi connectivity index (χ4v) is 0. The van der Waals surface area contributed by atoms with Crippen molar-refractivity contribution in [3.63, 3.8) is 0 Å². The van der Waals surface area contributed by atoms with Crippen LogP contribution in [-0.4, -0.2) is 121 Å². The van der Waals surface area contributed by atoms with Crippen LogP contribution in [0.5, 0.6) is 0 Å². The molecular weight excluding hydrogens is 280 g/mol. The van der Waals surface area contributed by atoms with Crippen LogP contribution in [0.25, 0.3) is 0 Å². The van der Waals surface area contributed by atoms with Crippen LogP contribution < -0.4 is 0 Å². The Hall–Kier alpha value is 3.43. The summed E-state index contributed by atoms with van der Waals surface area (Å²) in [7, 11) is -4.61. The molecule has 0 amide bonds. The van der Waals surface area contributed by atoms with Gasteiger partial charge in [0.25, 0.3) is 0 Å². The fourth-order valence-electron chi connectivity index (χ4n) is 0. The second-order valence-corrected chi connectivity index (χ2v) is 1.80. The molecule has 0 rings (SSSR count). The Labute approximate surface area is 133 Å². The van der Waals surface area contributed by atoms with Crippen molar-refractivity contribution in [2.24, 2.45) is 0 Å². The van der Waals surface area contributed by atoms with E-state index in [1.165, 1.54) is 0 Å². The molecule has 10 heteroatoms. The zero-order chi connectivity index (χ0) is 4.50. The second kappa shape index (κ2) is 18.3. The molecule has 0 fully saturated rings. The molecule has 0 saturated carbocycles. The first kappa shape index (κ1) is 37.6. The van der Waals surface area contributed by atoms with Crippen molar-refractivity contribution >= 4 is 111 Å². The molecule has 0 aliphatic rings. The Morgan fingerprint density at radius 1 is 0.900 bits per heavy atom. The first-order chi connectivity index (χ1) is 2.00. The van der Waals surface area contributed by atoms with Crippen molar-refractivity contribution < 1.29 is 23.9 Å². The van der Waals surface area contributed by atoms with Gasteiger partial charge in [-0.2, -0.15) is 9.90 Å². The summed E-state index contributed by atoms with van der Waals surface area (Å²) in [6, 6.07) is 0.